The summed E-state index contributed by atoms with van der Waals surface area (Å²) < 4.78 is 28.9. The van der Waals surface area contributed by atoms with E-state index >= 15 is 0 Å². The maximum absolute atomic E-state index is 14.9. The number of hydrogen-bond acceptors (Lipinski definition) is 5. The lowest BCUT2D eigenvalue weighted by Gasteiger charge is -2.38. The Morgan fingerprint density at radius 1 is 1.18 bits per heavy atom. The Hall–Kier alpha value is -3.37. The van der Waals surface area contributed by atoms with Crippen molar-refractivity contribution in [3.63, 3.8) is 0 Å². The summed E-state index contributed by atoms with van der Waals surface area (Å²) in [6.45, 7) is 6.69. The molecule has 2 heterocycles. The highest BCUT2D eigenvalue weighted by Crippen LogP contribution is 2.40. The van der Waals surface area contributed by atoms with Gasteiger partial charge in [-0.2, -0.15) is 0 Å². The standard InChI is InChI=1S/C29H36F2N4O4/c1-16-12-21(27(37)34-33-16)13-18-8-9-20(15-23(18)31)26(36)32-17(2)28(38)35-24(10-11-25(35)29(3,4)39)19-6-5-7-22(30)14-19/h5-9,14-17,21,24-25,33,39H,10-13H2,1-4H3,(H,32,36)(H,34,37)/t16?,17-,21?,24+,25-/m1/s1. The summed E-state index contributed by atoms with van der Waals surface area (Å²) in [6, 6.07) is 8.15. The predicted molar refractivity (Wildman–Crippen MR) is 141 cm³/mol. The third kappa shape index (κ3) is 6.45. The summed E-state index contributed by atoms with van der Waals surface area (Å²) in [6.07, 6.45) is 1.81. The number of nitrogens with zero attached hydrogens (tertiary/aromatic N) is 1. The molecule has 0 aliphatic carbocycles. The first-order valence-electron chi connectivity index (χ1n) is 13.3. The quantitative estimate of drug-likeness (QED) is 0.430. The molecule has 2 aliphatic rings. The van der Waals surface area contributed by atoms with Crippen molar-refractivity contribution in [2.24, 2.45) is 5.92 Å². The van der Waals surface area contributed by atoms with Gasteiger partial charge in [-0.15, -0.1) is 0 Å². The van der Waals surface area contributed by atoms with Crippen molar-refractivity contribution in [1.29, 1.82) is 0 Å². The van der Waals surface area contributed by atoms with Crippen LogP contribution in [0.3, 0.4) is 0 Å². The van der Waals surface area contributed by atoms with Gasteiger partial charge in [-0.3, -0.25) is 19.8 Å². The van der Waals surface area contributed by atoms with Gasteiger partial charge in [-0.05, 0) is 88.8 Å². The van der Waals surface area contributed by atoms with E-state index in [-0.39, 0.29) is 29.9 Å². The first-order chi connectivity index (χ1) is 18.3. The van der Waals surface area contributed by atoms with E-state index in [1.165, 1.54) is 36.1 Å². The van der Waals surface area contributed by atoms with Gasteiger partial charge in [0, 0.05) is 17.5 Å². The van der Waals surface area contributed by atoms with Crippen LogP contribution in [-0.4, -0.2) is 51.5 Å². The van der Waals surface area contributed by atoms with Crippen LogP contribution in [0.5, 0.6) is 0 Å². The smallest absolute Gasteiger partial charge is 0.252 e. The van der Waals surface area contributed by atoms with Gasteiger partial charge >= 0.3 is 0 Å². The monoisotopic (exact) mass is 542 g/mol. The zero-order valence-electron chi connectivity index (χ0n) is 22.6. The molecule has 2 aromatic rings. The molecule has 2 saturated heterocycles. The Balaban J connectivity index is 1.48. The molecule has 2 aromatic carbocycles. The first kappa shape index (κ1) is 28.6. The van der Waals surface area contributed by atoms with E-state index in [0.29, 0.717) is 30.4 Å². The lowest BCUT2D eigenvalue weighted by molar-refractivity contribution is -0.141. The van der Waals surface area contributed by atoms with Gasteiger partial charge in [0.1, 0.15) is 17.7 Å². The van der Waals surface area contributed by atoms with Crippen LogP contribution in [-0.2, 0) is 16.0 Å². The van der Waals surface area contributed by atoms with Crippen LogP contribution in [0.25, 0.3) is 0 Å². The molecule has 3 amide bonds. The summed E-state index contributed by atoms with van der Waals surface area (Å²) in [7, 11) is 0. The molecular weight excluding hydrogens is 506 g/mol. The van der Waals surface area contributed by atoms with E-state index in [9.17, 15) is 28.3 Å². The summed E-state index contributed by atoms with van der Waals surface area (Å²) in [5.74, 6) is -2.67. The zero-order chi connectivity index (χ0) is 28.5. The molecule has 0 radical (unpaired) electrons. The molecule has 39 heavy (non-hydrogen) atoms. The molecule has 0 saturated carbocycles. The van der Waals surface area contributed by atoms with E-state index in [1.807, 2.05) is 6.92 Å². The lowest BCUT2D eigenvalue weighted by Crippen LogP contribution is -2.54. The normalized spacial score (nSPS) is 24.3. The molecule has 0 aromatic heterocycles. The third-order valence-corrected chi connectivity index (χ3v) is 7.64. The maximum Gasteiger partial charge on any atom is 0.252 e. The second-order valence-electron chi connectivity index (χ2n) is 11.2. The minimum Gasteiger partial charge on any atom is -0.388 e. The first-order valence-corrected chi connectivity index (χ1v) is 13.3. The highest BCUT2D eigenvalue weighted by atomic mass is 19.1. The average Bonchev–Trinajstić information content (AvgIpc) is 3.33. The molecule has 0 spiro atoms. The minimum absolute atomic E-state index is 0.0428. The van der Waals surface area contributed by atoms with Crippen molar-refractivity contribution in [3.05, 3.63) is 70.8 Å². The largest absolute Gasteiger partial charge is 0.388 e. The highest BCUT2D eigenvalue weighted by molar-refractivity contribution is 5.97. The van der Waals surface area contributed by atoms with Crippen molar-refractivity contribution in [2.45, 2.75) is 83.1 Å². The van der Waals surface area contributed by atoms with Crippen LogP contribution in [0.1, 0.15) is 74.5 Å². The van der Waals surface area contributed by atoms with Crippen LogP contribution in [0, 0.1) is 17.6 Å². The summed E-state index contributed by atoms with van der Waals surface area (Å²) >= 11 is 0. The molecule has 0 bridgehead atoms. The van der Waals surface area contributed by atoms with Crippen molar-refractivity contribution >= 4 is 17.7 Å². The highest BCUT2D eigenvalue weighted by Gasteiger charge is 2.45. The SMILES string of the molecule is CC1CC(Cc2ccc(C(=O)N[C@H](C)C(=O)N3[C@H](c4cccc(F)c4)CC[C@@H]3C(C)(C)O)cc2F)C(=O)NN1. The second kappa shape index (κ2) is 11.4. The number of amides is 3. The lowest BCUT2D eigenvalue weighted by atomic mass is 9.91. The van der Waals surface area contributed by atoms with Gasteiger partial charge in [0.15, 0.2) is 0 Å². The summed E-state index contributed by atoms with van der Waals surface area (Å²) in [5.41, 5.74) is 5.21. The number of likely N-dealkylation sites (tertiary alicyclic amines) is 1. The number of carbonyl (C=O) groups excluding carboxylic acids is 3. The minimum atomic E-state index is -1.22. The summed E-state index contributed by atoms with van der Waals surface area (Å²) in [4.78, 5) is 40.3. The van der Waals surface area contributed by atoms with E-state index in [0.717, 1.165) is 6.07 Å². The van der Waals surface area contributed by atoms with Crippen LogP contribution in [0.4, 0.5) is 8.78 Å². The topological polar surface area (TPSA) is 111 Å². The Morgan fingerprint density at radius 2 is 1.92 bits per heavy atom. The molecule has 2 unspecified atom stereocenters. The fraction of sp³-hybridized carbons (Fsp3) is 0.483. The number of hydrogen-bond donors (Lipinski definition) is 4. The fourth-order valence-corrected chi connectivity index (χ4v) is 5.60. The number of benzene rings is 2. The van der Waals surface area contributed by atoms with Gasteiger partial charge in [0.2, 0.25) is 11.8 Å². The van der Waals surface area contributed by atoms with E-state index < -0.39 is 47.2 Å². The van der Waals surface area contributed by atoms with E-state index in [1.54, 1.807) is 26.0 Å². The Morgan fingerprint density at radius 3 is 2.59 bits per heavy atom. The number of carbonyl (C=O) groups is 3. The molecule has 4 N–H and O–H groups in total. The van der Waals surface area contributed by atoms with Crippen LogP contribution in [0.15, 0.2) is 42.5 Å². The van der Waals surface area contributed by atoms with Gasteiger partial charge in [-0.25, -0.2) is 14.2 Å². The van der Waals surface area contributed by atoms with Gasteiger partial charge in [0.05, 0.1) is 17.7 Å². The number of rotatable bonds is 7. The number of nitrogens with one attached hydrogen (secondary N) is 3. The maximum atomic E-state index is 14.9. The molecule has 10 heteroatoms. The van der Waals surface area contributed by atoms with Crippen molar-refractivity contribution in [3.8, 4) is 0 Å². The molecule has 2 fully saturated rings. The van der Waals surface area contributed by atoms with Gasteiger partial charge in [-0.1, -0.05) is 18.2 Å². The van der Waals surface area contributed by atoms with Crippen LogP contribution < -0.4 is 16.2 Å². The van der Waals surface area contributed by atoms with Gasteiger partial charge < -0.3 is 15.3 Å². The molecule has 5 atom stereocenters. The van der Waals surface area contributed by atoms with Crippen molar-refractivity contribution in [2.75, 3.05) is 0 Å². The van der Waals surface area contributed by atoms with Crippen LogP contribution in [0.2, 0.25) is 0 Å². The van der Waals surface area contributed by atoms with Crippen molar-refractivity contribution in [1.82, 2.24) is 21.1 Å². The Bertz CT molecular complexity index is 1250. The average molecular weight is 543 g/mol. The van der Waals surface area contributed by atoms with Gasteiger partial charge in [0.25, 0.3) is 5.91 Å². The van der Waals surface area contributed by atoms with Crippen LogP contribution >= 0.6 is 0 Å². The fourth-order valence-electron chi connectivity index (χ4n) is 5.60. The predicted octanol–water partition coefficient (Wildman–Crippen LogP) is 3.16. The Kier molecular flexibility index (Phi) is 8.37. The number of halogens is 2. The van der Waals surface area contributed by atoms with E-state index in [2.05, 4.69) is 16.2 Å². The number of hydrazine groups is 1. The second-order valence-corrected chi connectivity index (χ2v) is 11.2. The molecule has 2 aliphatic heterocycles. The molecule has 4 rings (SSSR count). The molecular formula is C29H36F2N4O4. The third-order valence-electron chi connectivity index (χ3n) is 7.64. The van der Waals surface area contributed by atoms with Crippen molar-refractivity contribution < 1.29 is 28.3 Å². The Labute approximate surface area is 227 Å². The van der Waals surface area contributed by atoms with E-state index in [4.69, 9.17) is 0 Å². The molecule has 8 nitrogen and oxygen atoms in total. The molecule has 210 valence electrons. The number of aliphatic hydroxyl groups is 1. The summed E-state index contributed by atoms with van der Waals surface area (Å²) in [5, 5.41) is 13.4. The zero-order valence-corrected chi connectivity index (χ0v) is 22.6.